The number of aliphatic hydroxyl groups is 2. The minimum Gasteiger partial charge on any atom is -0.390 e. The Morgan fingerprint density at radius 2 is 1.05 bits per heavy atom. The number of aliphatic hydroxyl groups excluding tert-OH is 2. The zero-order valence-electron chi connectivity index (χ0n) is 40.0. The molecule has 0 unspecified atom stereocenters. The summed E-state index contributed by atoms with van der Waals surface area (Å²) in [5.74, 6) is 0.0363. The minimum atomic E-state index is -0.667. The lowest BCUT2D eigenvalue weighted by molar-refractivity contribution is -0.246. The fourth-order valence-corrected chi connectivity index (χ4v) is 9.35. The van der Waals surface area contributed by atoms with E-state index < -0.39 is 18.5 Å². The van der Waals surface area contributed by atoms with E-state index in [2.05, 4.69) is 20.8 Å². The molecule has 14 nitrogen and oxygen atoms in total. The molecule has 0 radical (unpaired) electrons. The summed E-state index contributed by atoms with van der Waals surface area (Å²) in [6.07, 6.45) is 11.1. The highest BCUT2D eigenvalue weighted by molar-refractivity contribution is 5.20. The highest BCUT2D eigenvalue weighted by atomic mass is 16.7. The van der Waals surface area contributed by atoms with Crippen LogP contribution >= 0.6 is 0 Å². The summed E-state index contributed by atoms with van der Waals surface area (Å²) in [5, 5.41) is 22.3. The molecule has 4 aliphatic rings. The zero-order chi connectivity index (χ0) is 45.7. The normalized spacial score (nSPS) is 36.0. The second-order valence-electron chi connectivity index (χ2n) is 17.7. The van der Waals surface area contributed by atoms with Gasteiger partial charge in [0.05, 0.1) is 48.8 Å². The molecule has 0 saturated carbocycles. The van der Waals surface area contributed by atoms with Gasteiger partial charge >= 0.3 is 0 Å². The maximum absolute atomic E-state index is 11.2. The maximum atomic E-state index is 11.2. The fourth-order valence-electron chi connectivity index (χ4n) is 9.35. The molecule has 358 valence electrons. The molecule has 4 aliphatic heterocycles. The molecule has 0 aromatic carbocycles. The molecule has 14 heteroatoms. The summed E-state index contributed by atoms with van der Waals surface area (Å²) in [7, 11) is 11.7. The number of rotatable bonds is 27. The molecule has 0 aromatic heterocycles. The molecule has 0 spiro atoms. The number of hydrogen-bond acceptors (Lipinski definition) is 14. The van der Waals surface area contributed by atoms with Gasteiger partial charge in [-0.1, -0.05) is 71.1 Å². The van der Waals surface area contributed by atoms with E-state index in [1.807, 2.05) is 64.2 Å². The molecule has 4 heterocycles. The number of ether oxygens (including phenoxy) is 12. The van der Waals surface area contributed by atoms with E-state index in [4.69, 9.17) is 56.8 Å². The van der Waals surface area contributed by atoms with Gasteiger partial charge in [0.15, 0.2) is 12.6 Å². The van der Waals surface area contributed by atoms with Crippen molar-refractivity contribution in [3.63, 3.8) is 0 Å². The topological polar surface area (TPSA) is 158 Å². The largest absolute Gasteiger partial charge is 0.390 e. The fraction of sp³-hybridized carbons (Fsp3) is 0.833. The van der Waals surface area contributed by atoms with Crippen molar-refractivity contribution in [2.24, 2.45) is 23.7 Å². The quantitative estimate of drug-likeness (QED) is 0.0566. The molecule has 62 heavy (non-hydrogen) atoms. The van der Waals surface area contributed by atoms with Crippen LogP contribution in [-0.2, 0) is 56.8 Å². The van der Waals surface area contributed by atoms with E-state index in [0.29, 0.717) is 19.4 Å². The van der Waals surface area contributed by atoms with Crippen molar-refractivity contribution >= 4 is 0 Å². The number of allylic oxidation sites excluding steroid dienone is 4. The van der Waals surface area contributed by atoms with Crippen LogP contribution in [0.2, 0.25) is 0 Å². The van der Waals surface area contributed by atoms with Gasteiger partial charge < -0.3 is 67.1 Å². The van der Waals surface area contributed by atoms with E-state index in [1.165, 1.54) is 0 Å². The Bertz CT molecular complexity index is 1420. The van der Waals surface area contributed by atoms with Crippen LogP contribution in [0.3, 0.4) is 0 Å². The minimum absolute atomic E-state index is 0.00236. The summed E-state index contributed by atoms with van der Waals surface area (Å²) in [6, 6.07) is 0. The van der Waals surface area contributed by atoms with E-state index in [-0.39, 0.29) is 103 Å². The monoisotopic (exact) mass is 883 g/mol. The van der Waals surface area contributed by atoms with Gasteiger partial charge in [-0.05, 0) is 44.3 Å². The smallest absolute Gasteiger partial charge is 0.160 e. The highest BCUT2D eigenvalue weighted by Gasteiger charge is 2.52. The first-order valence-corrected chi connectivity index (χ1v) is 22.7. The summed E-state index contributed by atoms with van der Waals surface area (Å²) >= 11 is 0. The zero-order valence-corrected chi connectivity index (χ0v) is 40.0. The van der Waals surface area contributed by atoms with Crippen LogP contribution in [0.15, 0.2) is 47.6 Å². The molecular formula is C48H82O14. The Balaban J connectivity index is 1.24. The SMILES string of the molecule is CC[C@H](OC)[C@@H](C)[C@@H]1O[C@H]1[C@H](O)[C@@H](C)/C=C/C=C(\C)[C@H]1O[C@@H](OC)C[C@H](OCCC[C@H](OC)[C@@H](C)[C@@H]2O[C@H]2[C@H](O)[C@@H](C)/C=C/C=C(\C)[C@H]2O[C@@H](OC)C[C@H](OC)[C@H]2OC)[C@@H]1OC. The number of hydrogen-bond donors (Lipinski definition) is 2. The van der Waals surface area contributed by atoms with Gasteiger partial charge in [-0.2, -0.15) is 0 Å². The third-order valence-corrected chi connectivity index (χ3v) is 13.6. The van der Waals surface area contributed by atoms with Crippen LogP contribution < -0.4 is 0 Å². The van der Waals surface area contributed by atoms with Gasteiger partial charge in [-0.3, -0.25) is 0 Å². The van der Waals surface area contributed by atoms with Crippen LogP contribution in [-0.4, -0.2) is 165 Å². The first-order valence-electron chi connectivity index (χ1n) is 22.7. The molecule has 0 aliphatic carbocycles. The van der Waals surface area contributed by atoms with Crippen LogP contribution in [0, 0.1) is 23.7 Å². The van der Waals surface area contributed by atoms with Crippen LogP contribution in [0.5, 0.6) is 0 Å². The Morgan fingerprint density at radius 3 is 1.47 bits per heavy atom. The highest BCUT2D eigenvalue weighted by Crippen LogP contribution is 2.39. The molecule has 2 N–H and O–H groups in total. The second-order valence-corrected chi connectivity index (χ2v) is 17.7. The van der Waals surface area contributed by atoms with Crippen molar-refractivity contribution in [3.8, 4) is 0 Å². The first kappa shape index (κ1) is 53.0. The van der Waals surface area contributed by atoms with Crippen LogP contribution in [0.1, 0.15) is 80.6 Å². The molecular weight excluding hydrogens is 801 g/mol. The van der Waals surface area contributed by atoms with Gasteiger partial charge in [-0.15, -0.1) is 0 Å². The third kappa shape index (κ3) is 14.0. The molecule has 4 saturated heterocycles. The Morgan fingerprint density at radius 1 is 0.597 bits per heavy atom. The Kier molecular flexibility index (Phi) is 22.2. The third-order valence-electron chi connectivity index (χ3n) is 13.6. The van der Waals surface area contributed by atoms with Gasteiger partial charge in [0.25, 0.3) is 0 Å². The van der Waals surface area contributed by atoms with E-state index in [1.54, 1.807) is 49.8 Å². The van der Waals surface area contributed by atoms with Crippen molar-refractivity contribution in [1.29, 1.82) is 0 Å². The Labute approximate surface area is 372 Å². The van der Waals surface area contributed by atoms with Crippen molar-refractivity contribution in [1.82, 2.24) is 0 Å². The van der Waals surface area contributed by atoms with Crippen LogP contribution in [0.4, 0.5) is 0 Å². The molecule has 0 bridgehead atoms. The molecule has 4 rings (SSSR count). The van der Waals surface area contributed by atoms with Gasteiger partial charge in [0, 0.05) is 92.9 Å². The number of epoxide rings is 2. The lowest BCUT2D eigenvalue weighted by Crippen LogP contribution is -2.51. The van der Waals surface area contributed by atoms with Crippen LogP contribution in [0.25, 0.3) is 0 Å². The van der Waals surface area contributed by atoms with E-state index >= 15 is 0 Å². The van der Waals surface area contributed by atoms with Crippen molar-refractivity contribution in [2.45, 2.75) is 179 Å². The lowest BCUT2D eigenvalue weighted by Gasteiger charge is -2.41. The van der Waals surface area contributed by atoms with E-state index in [9.17, 15) is 10.2 Å². The molecule has 0 aromatic rings. The predicted octanol–water partition coefficient (Wildman–Crippen LogP) is 5.97. The van der Waals surface area contributed by atoms with Crippen molar-refractivity contribution in [2.75, 3.05) is 56.4 Å². The molecule has 0 amide bonds. The standard InChI is InChI=1S/C48H82O14/c1-15-33(51-8)31(6)43-47(61-43)39(49)27(2)20-17-22-30(5)42-46(57-14)36(26-38(55-12)60-42)58-24-18-23-34(52-9)32(7)44-48(62-44)40(50)28(3)19-16-21-29(4)41-45(56-13)35(53-10)25-37(54-11)59-41/h16-17,19-22,27-28,31-50H,15,18,23-26H2,1-14H3/b19-16+,20-17+,29-21+,30-22+/t27-,28-,31+,32+,33-,34-,35-,36-,37+,38+,39+,40+,41+,42+,43-,44-,45+,46-,47-,48-/m0/s1. The van der Waals surface area contributed by atoms with Crippen molar-refractivity contribution < 1.29 is 67.1 Å². The Hall–Kier alpha value is -1.60. The molecule has 4 fully saturated rings. The predicted molar refractivity (Wildman–Crippen MR) is 236 cm³/mol. The second kappa shape index (κ2) is 25.9. The van der Waals surface area contributed by atoms with E-state index in [0.717, 1.165) is 30.4 Å². The van der Waals surface area contributed by atoms with Crippen molar-refractivity contribution in [3.05, 3.63) is 47.6 Å². The summed E-state index contributed by atoms with van der Waals surface area (Å²) in [5.41, 5.74) is 1.94. The molecule has 20 atom stereocenters. The summed E-state index contributed by atoms with van der Waals surface area (Å²) in [4.78, 5) is 0. The van der Waals surface area contributed by atoms with Gasteiger partial charge in [0.2, 0.25) is 0 Å². The maximum Gasteiger partial charge on any atom is 0.160 e. The number of methoxy groups -OCH3 is 7. The first-order chi connectivity index (χ1) is 29.7. The van der Waals surface area contributed by atoms with Gasteiger partial charge in [0.1, 0.15) is 36.6 Å². The van der Waals surface area contributed by atoms with Gasteiger partial charge in [-0.25, -0.2) is 0 Å². The lowest BCUT2D eigenvalue weighted by atomic mass is 9.90. The summed E-state index contributed by atoms with van der Waals surface area (Å²) < 4.78 is 71.1. The average Bonchev–Trinajstić information content (AvgIpc) is 4.23. The summed E-state index contributed by atoms with van der Waals surface area (Å²) in [6.45, 7) is 14.8. The average molecular weight is 883 g/mol.